The van der Waals surface area contributed by atoms with Gasteiger partial charge >= 0.3 is 0 Å². The van der Waals surface area contributed by atoms with Crippen LogP contribution in [-0.4, -0.2) is 52.1 Å². The number of hydrogen-bond donors (Lipinski definition) is 0. The Labute approximate surface area is 227 Å². The van der Waals surface area contributed by atoms with Crippen molar-refractivity contribution < 1.29 is 14.4 Å². The van der Waals surface area contributed by atoms with Gasteiger partial charge < -0.3 is 0 Å². The van der Waals surface area contributed by atoms with Crippen molar-refractivity contribution in [2.24, 2.45) is 15.4 Å². The molecule has 0 N–H and O–H groups in total. The highest BCUT2D eigenvalue weighted by atomic mass is 35.5. The first-order chi connectivity index (χ1) is 18.4. The van der Waals surface area contributed by atoms with E-state index >= 15 is 0 Å². The number of fused-ring (bicyclic) bond motifs is 1. The van der Waals surface area contributed by atoms with Gasteiger partial charge in [0, 0.05) is 11.4 Å². The molecule has 0 saturated carbocycles. The van der Waals surface area contributed by atoms with Crippen molar-refractivity contribution in [3.05, 3.63) is 100 Å². The van der Waals surface area contributed by atoms with Crippen molar-refractivity contribution in [2.45, 2.75) is 24.5 Å². The second-order valence-electron chi connectivity index (χ2n) is 9.08. The lowest BCUT2D eigenvalue weighted by molar-refractivity contribution is -0.135. The van der Waals surface area contributed by atoms with Crippen LogP contribution in [0.2, 0.25) is 10.0 Å². The maximum Gasteiger partial charge on any atom is 0.264 e. The van der Waals surface area contributed by atoms with Crippen LogP contribution < -0.4 is 4.90 Å². The van der Waals surface area contributed by atoms with Gasteiger partial charge in [-0.25, -0.2) is 9.91 Å². The summed E-state index contributed by atoms with van der Waals surface area (Å²) in [5.41, 5.74) is 2.86. The van der Waals surface area contributed by atoms with Gasteiger partial charge in [0.1, 0.15) is 6.54 Å². The monoisotopic (exact) mass is 546 g/mol. The Kier molecular flexibility index (Phi) is 6.17. The second kappa shape index (κ2) is 9.66. The fourth-order valence-corrected chi connectivity index (χ4v) is 5.44. The molecule has 3 aliphatic heterocycles. The molecule has 3 atom stereocenters. The van der Waals surface area contributed by atoms with Crippen molar-refractivity contribution in [1.82, 2.24) is 10.0 Å². The Morgan fingerprint density at radius 2 is 1.63 bits per heavy atom. The van der Waals surface area contributed by atoms with Crippen LogP contribution in [0.25, 0.3) is 0 Å². The fourth-order valence-electron chi connectivity index (χ4n) is 4.95. The third-order valence-corrected chi connectivity index (χ3v) is 7.30. The van der Waals surface area contributed by atoms with Gasteiger partial charge in [-0.05, 0) is 29.3 Å². The highest BCUT2D eigenvalue weighted by Crippen LogP contribution is 2.37. The Balaban J connectivity index is 1.26. The van der Waals surface area contributed by atoms with Crippen molar-refractivity contribution in [3.63, 3.8) is 0 Å². The van der Waals surface area contributed by atoms with E-state index in [-0.39, 0.29) is 29.2 Å². The first-order valence-corrected chi connectivity index (χ1v) is 12.7. The minimum absolute atomic E-state index is 0.157. The number of amides is 3. The van der Waals surface area contributed by atoms with Crippen LogP contribution in [0.3, 0.4) is 0 Å². The molecule has 0 aromatic heterocycles. The molecule has 3 aromatic carbocycles. The van der Waals surface area contributed by atoms with Crippen LogP contribution in [0, 0.1) is 0 Å². The van der Waals surface area contributed by atoms with E-state index < -0.39 is 23.9 Å². The molecule has 9 nitrogen and oxygen atoms in total. The predicted molar refractivity (Wildman–Crippen MR) is 142 cm³/mol. The first-order valence-electron chi connectivity index (χ1n) is 11.9. The highest BCUT2D eigenvalue weighted by molar-refractivity contribution is 6.38. The lowest BCUT2D eigenvalue weighted by atomic mass is 9.98. The average Bonchev–Trinajstić information content (AvgIpc) is 3.61. The van der Waals surface area contributed by atoms with Crippen molar-refractivity contribution in [1.29, 1.82) is 0 Å². The zero-order valence-corrected chi connectivity index (χ0v) is 21.3. The molecule has 3 aromatic rings. The van der Waals surface area contributed by atoms with Crippen molar-refractivity contribution >= 4 is 52.3 Å². The summed E-state index contributed by atoms with van der Waals surface area (Å²) < 4.78 is 0. The number of rotatable bonds is 5. The smallest absolute Gasteiger partial charge is 0.264 e. The first kappa shape index (κ1) is 24.3. The quantitative estimate of drug-likeness (QED) is 0.434. The van der Waals surface area contributed by atoms with Crippen molar-refractivity contribution in [2.75, 3.05) is 11.4 Å². The lowest BCUT2D eigenvalue weighted by Crippen LogP contribution is -2.44. The van der Waals surface area contributed by atoms with Crippen LogP contribution in [0.5, 0.6) is 0 Å². The van der Waals surface area contributed by atoms with E-state index in [1.807, 2.05) is 60.7 Å². The number of imide groups is 1. The SMILES string of the molecule is O=C1[C@@H]2[C@@H](N=NN2CC(=O)N2N=C(c3ccccc3)C[C@@H]2c2ccccc2)C(=O)N1c1ccc(Cl)cc1Cl. The molecule has 0 aliphatic carbocycles. The van der Waals surface area contributed by atoms with E-state index in [0.717, 1.165) is 21.7 Å². The van der Waals surface area contributed by atoms with Crippen LogP contribution >= 0.6 is 23.2 Å². The van der Waals surface area contributed by atoms with E-state index in [1.165, 1.54) is 22.2 Å². The number of hydrazone groups is 1. The molecule has 3 heterocycles. The molecular weight excluding hydrogens is 527 g/mol. The minimum atomic E-state index is -1.06. The van der Waals surface area contributed by atoms with Crippen molar-refractivity contribution in [3.8, 4) is 0 Å². The standard InChI is InChI=1S/C27H20Cl2N6O3/c28-18-11-12-21(19(29)13-18)34-26(37)24-25(27(34)38)33(32-30-24)15-23(36)35-22(17-9-5-2-6-10-17)14-20(31-35)16-7-3-1-4-8-16/h1-13,22,24-25H,14-15H2/t22-,24-,25+/m1/s1. The van der Waals surface area contributed by atoms with Gasteiger partial charge in [-0.1, -0.05) is 89.1 Å². The van der Waals surface area contributed by atoms with Crippen LogP contribution in [0.15, 0.2) is 94.3 Å². The predicted octanol–water partition coefficient (Wildman–Crippen LogP) is 4.66. The molecule has 0 unspecified atom stereocenters. The summed E-state index contributed by atoms with van der Waals surface area (Å²) >= 11 is 12.2. The summed E-state index contributed by atoms with van der Waals surface area (Å²) in [5, 5.41) is 15.9. The van der Waals surface area contributed by atoms with Gasteiger partial charge in [0.05, 0.1) is 22.5 Å². The van der Waals surface area contributed by atoms with Gasteiger partial charge in [-0.2, -0.15) is 10.2 Å². The Bertz CT molecular complexity index is 1500. The molecule has 1 fully saturated rings. The summed E-state index contributed by atoms with van der Waals surface area (Å²) in [6.07, 6.45) is 0.535. The third kappa shape index (κ3) is 4.13. The average molecular weight is 547 g/mol. The van der Waals surface area contributed by atoms with E-state index in [2.05, 4.69) is 15.4 Å². The largest absolute Gasteiger partial charge is 0.271 e. The normalized spacial score (nSPS) is 22.3. The molecule has 11 heteroatoms. The van der Waals surface area contributed by atoms with Gasteiger partial charge in [-0.3, -0.25) is 19.4 Å². The maximum absolute atomic E-state index is 13.6. The minimum Gasteiger partial charge on any atom is -0.271 e. The number of carbonyl (C=O) groups excluding carboxylic acids is 3. The number of halogens is 2. The summed E-state index contributed by atoms with van der Waals surface area (Å²) in [7, 11) is 0. The Morgan fingerprint density at radius 3 is 2.34 bits per heavy atom. The van der Waals surface area contributed by atoms with Crippen LogP contribution in [-0.2, 0) is 14.4 Å². The van der Waals surface area contributed by atoms with Gasteiger partial charge in [-0.15, -0.1) is 0 Å². The molecule has 0 bridgehead atoms. The number of nitrogens with zero attached hydrogens (tertiary/aromatic N) is 6. The molecule has 3 amide bonds. The summed E-state index contributed by atoms with van der Waals surface area (Å²) in [4.78, 5) is 41.0. The number of carbonyl (C=O) groups is 3. The topological polar surface area (TPSA) is 98.0 Å². The van der Waals surface area contributed by atoms with Crippen LogP contribution in [0.4, 0.5) is 5.69 Å². The number of benzene rings is 3. The molecular formula is C27H20Cl2N6O3. The highest BCUT2D eigenvalue weighted by Gasteiger charge is 2.55. The molecule has 1 saturated heterocycles. The lowest BCUT2D eigenvalue weighted by Gasteiger charge is -2.25. The maximum atomic E-state index is 13.6. The molecule has 0 spiro atoms. The number of anilines is 1. The zero-order valence-electron chi connectivity index (χ0n) is 19.8. The van der Waals surface area contributed by atoms with Gasteiger partial charge in [0.15, 0.2) is 12.1 Å². The van der Waals surface area contributed by atoms with E-state index in [4.69, 9.17) is 23.2 Å². The molecule has 38 heavy (non-hydrogen) atoms. The fraction of sp³-hybridized carbons (Fsp3) is 0.185. The van der Waals surface area contributed by atoms with Crippen LogP contribution in [0.1, 0.15) is 23.6 Å². The van der Waals surface area contributed by atoms with E-state index in [9.17, 15) is 14.4 Å². The summed E-state index contributed by atoms with van der Waals surface area (Å²) in [6.45, 7) is -0.277. The molecule has 190 valence electrons. The second-order valence-corrected chi connectivity index (χ2v) is 9.93. The van der Waals surface area contributed by atoms with Gasteiger partial charge in [0.2, 0.25) is 0 Å². The van der Waals surface area contributed by atoms with E-state index in [0.29, 0.717) is 11.4 Å². The summed E-state index contributed by atoms with van der Waals surface area (Å²) in [6, 6.07) is 21.4. The van der Waals surface area contributed by atoms with Gasteiger partial charge in [0.25, 0.3) is 17.7 Å². The van der Waals surface area contributed by atoms with E-state index in [1.54, 1.807) is 6.07 Å². The zero-order chi connectivity index (χ0) is 26.4. The Morgan fingerprint density at radius 1 is 0.921 bits per heavy atom. The Hall–Kier alpha value is -4.08. The third-order valence-electron chi connectivity index (χ3n) is 6.76. The molecule has 0 radical (unpaired) electrons. The number of hydrogen-bond acceptors (Lipinski definition) is 7. The summed E-state index contributed by atoms with van der Waals surface area (Å²) in [5.74, 6) is -1.49. The molecule has 3 aliphatic rings. The molecule has 6 rings (SSSR count).